The number of nitrogens with one attached hydrogen (secondary N) is 2. The number of carbonyl (C=O) groups excluding carboxylic acids is 4. The molecule has 1 aromatic heterocycles. The molecule has 0 bridgehead atoms. The van der Waals surface area contributed by atoms with Crippen molar-refractivity contribution in [1.82, 2.24) is 15.2 Å². The fourth-order valence-electron chi connectivity index (χ4n) is 3.63. The van der Waals surface area contributed by atoms with Gasteiger partial charge in [-0.15, -0.1) is 6.58 Å². The first-order chi connectivity index (χ1) is 17.5. The van der Waals surface area contributed by atoms with Crippen LogP contribution in [0.5, 0.6) is 0 Å². The van der Waals surface area contributed by atoms with Crippen molar-refractivity contribution in [3.05, 3.63) is 78.4 Å². The minimum absolute atomic E-state index is 0.130. The third-order valence-corrected chi connectivity index (χ3v) is 7.46. The molecule has 0 fully saturated rings. The fraction of sp³-hybridized carbons (Fsp3) is 0.192. The first kappa shape index (κ1) is 25.3. The van der Waals surface area contributed by atoms with Crippen molar-refractivity contribution in [1.29, 1.82) is 0 Å². The van der Waals surface area contributed by atoms with E-state index >= 15 is 0 Å². The molecule has 2 N–H and O–H groups in total. The van der Waals surface area contributed by atoms with Crippen LogP contribution in [0.2, 0.25) is 0 Å². The highest BCUT2D eigenvalue weighted by atomic mass is 32.2. The van der Waals surface area contributed by atoms with E-state index in [9.17, 15) is 19.2 Å². The van der Waals surface area contributed by atoms with Gasteiger partial charge in [0, 0.05) is 25.1 Å². The predicted molar refractivity (Wildman–Crippen MR) is 141 cm³/mol. The Hall–Kier alpha value is -3.76. The van der Waals surface area contributed by atoms with Gasteiger partial charge < -0.3 is 10.6 Å². The summed E-state index contributed by atoms with van der Waals surface area (Å²) >= 11 is 2.59. The summed E-state index contributed by atoms with van der Waals surface area (Å²) in [6, 6.07) is 16.2. The van der Waals surface area contributed by atoms with E-state index in [1.54, 1.807) is 30.3 Å². The molecule has 0 saturated heterocycles. The highest BCUT2D eigenvalue weighted by Gasteiger charge is 2.34. The molecule has 36 heavy (non-hydrogen) atoms. The molecule has 1 aliphatic rings. The van der Waals surface area contributed by atoms with Crippen molar-refractivity contribution in [3.8, 4) is 11.3 Å². The molecule has 0 radical (unpaired) electrons. The van der Waals surface area contributed by atoms with Gasteiger partial charge in [-0.3, -0.25) is 24.1 Å². The van der Waals surface area contributed by atoms with Gasteiger partial charge in [0.25, 0.3) is 11.8 Å². The standard InChI is InChI=1S/C26H24N4O4S2/c1-2-14-27-21(32)16-35-26-29-22(17-9-4-3-5-10-17)23(36-26)28-20(31)13-8-15-30-24(33)18-11-6-7-12-19(18)25(30)34/h2-7,9-12H,1,8,13-16H2,(H,27,32)(H,28,31). The molecule has 0 saturated carbocycles. The van der Waals surface area contributed by atoms with Gasteiger partial charge >= 0.3 is 0 Å². The van der Waals surface area contributed by atoms with E-state index in [4.69, 9.17) is 0 Å². The normalized spacial score (nSPS) is 12.4. The van der Waals surface area contributed by atoms with Crippen LogP contribution < -0.4 is 10.6 Å². The maximum Gasteiger partial charge on any atom is 0.261 e. The Labute approximate surface area is 216 Å². The van der Waals surface area contributed by atoms with Crippen LogP contribution in [-0.2, 0) is 9.59 Å². The maximum absolute atomic E-state index is 12.7. The first-order valence-electron chi connectivity index (χ1n) is 11.3. The number of amides is 4. The van der Waals surface area contributed by atoms with E-state index in [0.717, 1.165) is 5.56 Å². The van der Waals surface area contributed by atoms with Crippen molar-refractivity contribution < 1.29 is 19.2 Å². The molecule has 0 spiro atoms. The molecule has 0 atom stereocenters. The van der Waals surface area contributed by atoms with Gasteiger partial charge in [-0.25, -0.2) is 4.98 Å². The van der Waals surface area contributed by atoms with Gasteiger partial charge in [0.2, 0.25) is 11.8 Å². The van der Waals surface area contributed by atoms with Gasteiger partial charge in [0.1, 0.15) is 10.7 Å². The number of rotatable bonds is 11. The number of imide groups is 1. The van der Waals surface area contributed by atoms with Crippen LogP contribution in [-0.4, -0.2) is 52.4 Å². The lowest BCUT2D eigenvalue weighted by Crippen LogP contribution is -2.31. The number of hydrogen-bond donors (Lipinski definition) is 2. The number of nitrogens with zero attached hydrogens (tertiary/aromatic N) is 2. The van der Waals surface area contributed by atoms with Crippen LogP contribution in [0.25, 0.3) is 11.3 Å². The van der Waals surface area contributed by atoms with Crippen LogP contribution in [0.15, 0.2) is 71.6 Å². The number of thioether (sulfide) groups is 1. The van der Waals surface area contributed by atoms with Crippen LogP contribution in [0.1, 0.15) is 33.6 Å². The van der Waals surface area contributed by atoms with Gasteiger partial charge in [0.05, 0.1) is 16.9 Å². The van der Waals surface area contributed by atoms with E-state index in [1.165, 1.54) is 28.0 Å². The zero-order chi connectivity index (χ0) is 25.5. The van der Waals surface area contributed by atoms with Gasteiger partial charge in [-0.05, 0) is 18.6 Å². The van der Waals surface area contributed by atoms with Crippen LogP contribution in [0.3, 0.4) is 0 Å². The molecule has 4 rings (SSSR count). The average Bonchev–Trinajstić information content (AvgIpc) is 3.40. The zero-order valence-electron chi connectivity index (χ0n) is 19.4. The maximum atomic E-state index is 12.7. The number of benzene rings is 2. The number of carbonyl (C=O) groups is 4. The highest BCUT2D eigenvalue weighted by molar-refractivity contribution is 8.01. The largest absolute Gasteiger partial charge is 0.352 e. The second-order valence-electron chi connectivity index (χ2n) is 7.86. The summed E-state index contributed by atoms with van der Waals surface area (Å²) in [7, 11) is 0. The Balaban J connectivity index is 1.38. The molecule has 1 aliphatic heterocycles. The Bertz CT molecular complexity index is 1270. The molecular formula is C26H24N4O4S2. The average molecular weight is 521 g/mol. The minimum atomic E-state index is -0.330. The summed E-state index contributed by atoms with van der Waals surface area (Å²) in [4.78, 5) is 55.5. The molecule has 8 nitrogen and oxygen atoms in total. The van der Waals surface area contributed by atoms with Crippen LogP contribution >= 0.6 is 23.1 Å². The third-order valence-electron chi connectivity index (χ3n) is 5.34. The number of aromatic nitrogens is 1. The second-order valence-corrected chi connectivity index (χ2v) is 10.1. The summed E-state index contributed by atoms with van der Waals surface area (Å²) in [6.45, 7) is 4.14. The van der Waals surface area contributed by atoms with Crippen molar-refractivity contribution in [2.75, 3.05) is 24.2 Å². The van der Waals surface area contributed by atoms with E-state index in [2.05, 4.69) is 22.2 Å². The molecule has 4 amide bonds. The molecule has 2 aromatic carbocycles. The fourth-order valence-corrected chi connectivity index (χ4v) is 5.54. The molecule has 0 unspecified atom stereocenters. The molecule has 184 valence electrons. The Morgan fingerprint density at radius 2 is 1.67 bits per heavy atom. The summed E-state index contributed by atoms with van der Waals surface area (Å²) in [5.41, 5.74) is 2.26. The lowest BCUT2D eigenvalue weighted by atomic mass is 10.1. The number of anilines is 1. The van der Waals surface area contributed by atoms with E-state index in [-0.39, 0.29) is 42.3 Å². The molecule has 10 heteroatoms. The van der Waals surface area contributed by atoms with Crippen molar-refractivity contribution in [3.63, 3.8) is 0 Å². The smallest absolute Gasteiger partial charge is 0.261 e. The summed E-state index contributed by atoms with van der Waals surface area (Å²) < 4.78 is 0.656. The van der Waals surface area contributed by atoms with E-state index in [1.807, 2.05) is 30.3 Å². The monoisotopic (exact) mass is 520 g/mol. The molecule has 2 heterocycles. The van der Waals surface area contributed by atoms with Gasteiger partial charge in [-0.1, -0.05) is 71.6 Å². The van der Waals surface area contributed by atoms with Crippen molar-refractivity contribution >= 4 is 51.7 Å². The predicted octanol–water partition coefficient (Wildman–Crippen LogP) is 4.22. The second kappa shape index (κ2) is 11.8. The Morgan fingerprint density at radius 1 is 1.00 bits per heavy atom. The topological polar surface area (TPSA) is 108 Å². The van der Waals surface area contributed by atoms with E-state index in [0.29, 0.717) is 39.1 Å². The number of hydrogen-bond acceptors (Lipinski definition) is 7. The lowest BCUT2D eigenvalue weighted by Gasteiger charge is -2.13. The van der Waals surface area contributed by atoms with Gasteiger partial charge in [0.15, 0.2) is 4.34 Å². The third kappa shape index (κ3) is 5.89. The Morgan fingerprint density at radius 3 is 2.33 bits per heavy atom. The minimum Gasteiger partial charge on any atom is -0.352 e. The van der Waals surface area contributed by atoms with Crippen LogP contribution in [0.4, 0.5) is 5.00 Å². The van der Waals surface area contributed by atoms with Crippen molar-refractivity contribution in [2.24, 2.45) is 0 Å². The number of fused-ring (bicyclic) bond motifs is 1. The molecule has 3 aromatic rings. The lowest BCUT2D eigenvalue weighted by molar-refractivity contribution is -0.118. The SMILES string of the molecule is C=CCNC(=O)CSc1nc(-c2ccccc2)c(NC(=O)CCCN2C(=O)c3ccccc3C2=O)s1. The quantitative estimate of drug-likeness (QED) is 0.223. The summed E-state index contributed by atoms with van der Waals surface area (Å²) in [5, 5.41) is 6.23. The Kier molecular flexibility index (Phi) is 8.29. The highest BCUT2D eigenvalue weighted by Crippen LogP contribution is 2.37. The van der Waals surface area contributed by atoms with E-state index < -0.39 is 0 Å². The summed E-state index contributed by atoms with van der Waals surface area (Å²) in [6.07, 6.45) is 2.08. The van der Waals surface area contributed by atoms with Crippen molar-refractivity contribution in [2.45, 2.75) is 17.2 Å². The summed E-state index contributed by atoms with van der Waals surface area (Å²) in [5.74, 6) is -0.835. The first-order valence-corrected chi connectivity index (χ1v) is 13.1. The van der Waals surface area contributed by atoms with Gasteiger partial charge in [-0.2, -0.15) is 0 Å². The molecule has 0 aliphatic carbocycles. The zero-order valence-corrected chi connectivity index (χ0v) is 21.0. The molecular weight excluding hydrogens is 496 g/mol. The van der Waals surface area contributed by atoms with Crippen LogP contribution in [0, 0.1) is 0 Å². The number of thiazole rings is 1.